The molecule has 2 aromatic carbocycles. The summed E-state index contributed by atoms with van der Waals surface area (Å²) < 4.78 is 74.1. The average molecular weight is 591 g/mol. The Hall–Kier alpha value is -2.85. The van der Waals surface area contributed by atoms with Crippen molar-refractivity contribution >= 4 is 27.3 Å². The number of fused-ring (bicyclic) bond motifs is 1. The van der Waals surface area contributed by atoms with Crippen molar-refractivity contribution in [3.05, 3.63) is 65.5 Å². The maximum absolute atomic E-state index is 15.7. The number of aryl methyl sites for hydroxylation is 1. The van der Waals surface area contributed by atoms with E-state index in [0.717, 1.165) is 92.3 Å². The summed E-state index contributed by atoms with van der Waals surface area (Å²) in [6, 6.07) is 9.20. The third-order valence-electron chi connectivity index (χ3n) is 8.48. The van der Waals surface area contributed by atoms with Gasteiger partial charge in [0.15, 0.2) is 0 Å². The molecular weight excluding hydrogens is 553 g/mol. The summed E-state index contributed by atoms with van der Waals surface area (Å²) in [5, 5.41) is 1.74. The van der Waals surface area contributed by atoms with Crippen molar-refractivity contribution < 1.29 is 31.2 Å². The van der Waals surface area contributed by atoms with Crippen LogP contribution in [0.5, 0.6) is 0 Å². The lowest BCUT2D eigenvalue weighted by atomic mass is 9.90. The first-order chi connectivity index (χ1) is 19.6. The zero-order valence-corrected chi connectivity index (χ0v) is 24.1. The van der Waals surface area contributed by atoms with E-state index < -0.39 is 46.3 Å². The number of hydrogen-bond acceptors (Lipinski definition) is 5. The highest BCUT2D eigenvalue weighted by Crippen LogP contribution is 2.45. The summed E-state index contributed by atoms with van der Waals surface area (Å²) in [5.41, 5.74) is -0.361. The Morgan fingerprint density at radius 1 is 0.951 bits per heavy atom. The lowest BCUT2D eigenvalue weighted by Gasteiger charge is -2.39. The molecule has 1 aliphatic heterocycles. The lowest BCUT2D eigenvalue weighted by Crippen LogP contribution is -2.46. The highest BCUT2D eigenvalue weighted by Gasteiger charge is 2.43. The van der Waals surface area contributed by atoms with E-state index in [1.54, 1.807) is 24.1 Å². The normalized spacial score (nSPS) is 21.5. The lowest BCUT2D eigenvalue weighted by molar-refractivity contribution is -0.217. The number of carbonyl (C=O) groups excluding carboxylic acids is 1. The van der Waals surface area contributed by atoms with Crippen molar-refractivity contribution in [2.75, 3.05) is 10.8 Å². The molecule has 6 nitrogen and oxygen atoms in total. The van der Waals surface area contributed by atoms with Crippen LogP contribution in [-0.2, 0) is 19.7 Å². The molecule has 0 atom stereocenters. The Bertz CT molecular complexity index is 1360. The minimum Gasteiger partial charge on any atom is -0.364 e. The first-order valence-electron chi connectivity index (χ1n) is 14.6. The van der Waals surface area contributed by atoms with E-state index in [2.05, 4.69) is 0 Å². The summed E-state index contributed by atoms with van der Waals surface area (Å²) in [6.45, 7) is 1.26. The van der Waals surface area contributed by atoms with Gasteiger partial charge in [0.05, 0.1) is 10.6 Å². The van der Waals surface area contributed by atoms with Gasteiger partial charge in [-0.1, -0.05) is 56.2 Å². The van der Waals surface area contributed by atoms with Crippen LogP contribution < -0.4 is 4.31 Å². The van der Waals surface area contributed by atoms with Crippen molar-refractivity contribution in [1.82, 2.24) is 5.06 Å². The minimum absolute atomic E-state index is 0.0312. The Kier molecular flexibility index (Phi) is 8.80. The van der Waals surface area contributed by atoms with Gasteiger partial charge in [0, 0.05) is 42.3 Å². The largest absolute Gasteiger partial charge is 0.364 e. The molecule has 3 aliphatic rings. The molecule has 2 fully saturated rings. The van der Waals surface area contributed by atoms with Crippen LogP contribution in [0.25, 0.3) is 5.57 Å². The highest BCUT2D eigenvalue weighted by atomic mass is 32.2. The number of rotatable bonds is 6. The van der Waals surface area contributed by atoms with Crippen LogP contribution >= 0.6 is 0 Å². The van der Waals surface area contributed by atoms with Crippen molar-refractivity contribution in [3.8, 4) is 0 Å². The third kappa shape index (κ3) is 6.48. The number of alkyl halides is 2. The summed E-state index contributed by atoms with van der Waals surface area (Å²) in [7, 11) is -4.25. The van der Waals surface area contributed by atoms with Crippen molar-refractivity contribution in [2.24, 2.45) is 0 Å². The quantitative estimate of drug-likeness (QED) is 0.264. The maximum atomic E-state index is 15.7. The molecule has 0 bridgehead atoms. The smallest absolute Gasteiger partial charge is 0.350 e. The molecule has 0 unspecified atom stereocenters. The summed E-state index contributed by atoms with van der Waals surface area (Å²) in [6.07, 6.45) is 9.63. The molecule has 2 saturated carbocycles. The molecule has 10 heteroatoms. The zero-order chi connectivity index (χ0) is 29.2. The SMILES string of the molecule is Cc1ccc(S(=O)(=O)N2CCC(F)(F)C(=CC(=O)ON(C3CCCCC3)C3CCCCC3)c3cc(F)ccc32)cc1. The van der Waals surface area contributed by atoms with Crippen LogP contribution in [0.15, 0.2) is 53.4 Å². The first-order valence-corrected chi connectivity index (χ1v) is 16.0. The Morgan fingerprint density at radius 2 is 1.54 bits per heavy atom. The third-order valence-corrected chi connectivity index (χ3v) is 10.3. The Labute approximate surface area is 240 Å². The van der Waals surface area contributed by atoms with Gasteiger partial charge in [-0.3, -0.25) is 4.31 Å². The monoisotopic (exact) mass is 590 g/mol. The first kappa shape index (κ1) is 29.6. The van der Waals surface area contributed by atoms with Gasteiger partial charge in [0.1, 0.15) is 5.82 Å². The van der Waals surface area contributed by atoms with Crippen LogP contribution in [0.2, 0.25) is 0 Å². The number of anilines is 1. The predicted octanol–water partition coefficient (Wildman–Crippen LogP) is 7.18. The molecule has 2 aromatic rings. The van der Waals surface area contributed by atoms with Gasteiger partial charge in [0.25, 0.3) is 15.9 Å². The molecule has 2 aliphatic carbocycles. The average Bonchev–Trinajstić information content (AvgIpc) is 3.06. The fraction of sp³-hybridized carbons (Fsp3) is 0.516. The van der Waals surface area contributed by atoms with Crippen molar-refractivity contribution in [2.45, 2.75) is 100 Å². The molecule has 41 heavy (non-hydrogen) atoms. The van der Waals surface area contributed by atoms with E-state index >= 15 is 8.78 Å². The second-order valence-electron chi connectivity index (χ2n) is 11.4. The number of nitrogens with zero attached hydrogens (tertiary/aromatic N) is 2. The number of sulfonamides is 1. The van der Waals surface area contributed by atoms with Crippen LogP contribution in [-0.4, -0.2) is 44.0 Å². The molecule has 222 valence electrons. The molecule has 0 N–H and O–H groups in total. The molecule has 0 aromatic heterocycles. The maximum Gasteiger partial charge on any atom is 0.350 e. The van der Waals surface area contributed by atoms with Crippen molar-refractivity contribution in [3.63, 3.8) is 0 Å². The van der Waals surface area contributed by atoms with Crippen molar-refractivity contribution in [1.29, 1.82) is 0 Å². The van der Waals surface area contributed by atoms with Gasteiger partial charge in [0.2, 0.25) is 0 Å². The number of hydrogen-bond donors (Lipinski definition) is 0. The van der Waals surface area contributed by atoms with E-state index in [1.165, 1.54) is 18.2 Å². The van der Waals surface area contributed by atoms with E-state index in [9.17, 15) is 17.6 Å². The summed E-state index contributed by atoms with van der Waals surface area (Å²) in [4.78, 5) is 19.1. The fourth-order valence-electron chi connectivity index (χ4n) is 6.27. The Morgan fingerprint density at radius 3 is 2.12 bits per heavy atom. The standard InChI is InChI=1S/C31H37F3N2O4S/c1-22-12-15-26(16-13-22)41(38,39)35-19-18-31(33,34)28(27-20-23(32)14-17-29(27)35)21-30(37)40-36(24-8-4-2-5-9-24)25-10-6-3-7-11-25/h12-17,20-21,24-25H,2-11,18-19H2,1H3. The minimum atomic E-state index is -4.25. The van der Waals surface area contributed by atoms with Crippen LogP contribution in [0, 0.1) is 12.7 Å². The van der Waals surface area contributed by atoms with E-state index in [4.69, 9.17) is 4.84 Å². The number of halogens is 3. The van der Waals surface area contributed by atoms with Gasteiger partial charge in [-0.05, 0) is 62.9 Å². The molecule has 1 heterocycles. The predicted molar refractivity (Wildman–Crippen MR) is 151 cm³/mol. The Balaban J connectivity index is 1.51. The molecule has 0 saturated heterocycles. The molecule has 0 amide bonds. The number of benzene rings is 2. The topological polar surface area (TPSA) is 66.9 Å². The van der Waals surface area contributed by atoms with E-state index in [0.29, 0.717) is 0 Å². The molecule has 0 radical (unpaired) electrons. The fourth-order valence-corrected chi connectivity index (χ4v) is 7.76. The molecule has 5 rings (SSSR count). The highest BCUT2D eigenvalue weighted by molar-refractivity contribution is 7.92. The molecular formula is C31H37F3N2O4S. The van der Waals surface area contributed by atoms with Crippen LogP contribution in [0.4, 0.5) is 18.9 Å². The number of carbonyl (C=O) groups is 1. The zero-order valence-electron chi connectivity index (χ0n) is 23.3. The van der Waals surface area contributed by atoms with Gasteiger partial charge in [-0.2, -0.15) is 0 Å². The summed E-state index contributed by atoms with van der Waals surface area (Å²) in [5.74, 6) is -5.39. The second-order valence-corrected chi connectivity index (χ2v) is 13.3. The second kappa shape index (κ2) is 12.2. The van der Waals surface area contributed by atoms with Gasteiger partial charge in [-0.25, -0.2) is 26.4 Å². The summed E-state index contributed by atoms with van der Waals surface area (Å²) >= 11 is 0. The van der Waals surface area contributed by atoms with E-state index in [-0.39, 0.29) is 28.2 Å². The van der Waals surface area contributed by atoms with E-state index in [1.807, 2.05) is 0 Å². The number of allylic oxidation sites excluding steroid dienone is 1. The van der Waals surface area contributed by atoms with Gasteiger partial charge in [-0.15, -0.1) is 5.06 Å². The molecule has 0 spiro atoms. The van der Waals surface area contributed by atoms with Crippen LogP contribution in [0.3, 0.4) is 0 Å². The van der Waals surface area contributed by atoms with Gasteiger partial charge < -0.3 is 4.84 Å². The number of hydroxylamine groups is 2. The van der Waals surface area contributed by atoms with Gasteiger partial charge >= 0.3 is 5.97 Å². The van der Waals surface area contributed by atoms with Crippen LogP contribution in [0.1, 0.15) is 81.8 Å².